The second-order valence-corrected chi connectivity index (χ2v) is 4.77. The highest BCUT2D eigenvalue weighted by Crippen LogP contribution is 2.08. The summed E-state index contributed by atoms with van der Waals surface area (Å²) in [5.41, 5.74) is 14.1. The lowest BCUT2D eigenvalue weighted by atomic mass is 10.1. The molecule has 0 saturated carbocycles. The van der Waals surface area contributed by atoms with E-state index in [1.54, 1.807) is 0 Å². The van der Waals surface area contributed by atoms with E-state index in [4.69, 9.17) is 11.5 Å². The number of allylic oxidation sites excluding steroid dienone is 4. The second kappa shape index (κ2) is 9.45. The standard InChI is InChI=1S/C14H26N4/c1-11(2)7-5-8-12(3)9-6-10-13(4)17-18-14(15)16/h7,9H,5-6,8,10H2,1-4H3,(H4,15,16,18)/b12-9-,17-13-. The van der Waals surface area contributed by atoms with Crippen molar-refractivity contribution < 1.29 is 0 Å². The van der Waals surface area contributed by atoms with Gasteiger partial charge in [-0.05, 0) is 53.4 Å². The molecule has 4 N–H and O–H groups in total. The maximum absolute atomic E-state index is 5.20. The Morgan fingerprint density at radius 2 is 1.50 bits per heavy atom. The molecule has 0 aliphatic carbocycles. The first-order valence-corrected chi connectivity index (χ1v) is 6.33. The van der Waals surface area contributed by atoms with Gasteiger partial charge in [0.25, 0.3) is 0 Å². The Labute approximate surface area is 111 Å². The molecule has 0 aliphatic rings. The highest BCUT2D eigenvalue weighted by Gasteiger charge is 1.92. The Bertz CT molecular complexity index is 354. The first-order chi connectivity index (χ1) is 8.41. The maximum atomic E-state index is 5.20. The van der Waals surface area contributed by atoms with E-state index in [-0.39, 0.29) is 5.96 Å². The molecule has 0 rings (SSSR count). The first kappa shape index (κ1) is 16.4. The quantitative estimate of drug-likeness (QED) is 0.315. The first-order valence-electron chi connectivity index (χ1n) is 6.33. The van der Waals surface area contributed by atoms with Gasteiger partial charge < -0.3 is 11.5 Å². The lowest BCUT2D eigenvalue weighted by Gasteiger charge is -1.99. The third-order valence-corrected chi connectivity index (χ3v) is 2.43. The number of nitrogens with zero attached hydrogens (tertiary/aromatic N) is 2. The molecule has 0 amide bonds. The van der Waals surface area contributed by atoms with Crippen LogP contribution in [-0.4, -0.2) is 11.7 Å². The van der Waals surface area contributed by atoms with Gasteiger partial charge in [0.1, 0.15) is 0 Å². The summed E-state index contributed by atoms with van der Waals surface area (Å²) in [7, 11) is 0. The molecule has 0 spiro atoms. The van der Waals surface area contributed by atoms with E-state index >= 15 is 0 Å². The summed E-state index contributed by atoms with van der Waals surface area (Å²) >= 11 is 0. The predicted octanol–water partition coefficient (Wildman–Crippen LogP) is 3.11. The van der Waals surface area contributed by atoms with Gasteiger partial charge in [0.05, 0.1) is 0 Å². The van der Waals surface area contributed by atoms with Crippen LogP contribution in [0, 0.1) is 0 Å². The molecule has 0 aromatic rings. The molecule has 18 heavy (non-hydrogen) atoms. The van der Waals surface area contributed by atoms with Gasteiger partial charge in [0.15, 0.2) is 0 Å². The zero-order chi connectivity index (χ0) is 14.0. The van der Waals surface area contributed by atoms with Gasteiger partial charge in [-0.15, -0.1) is 5.10 Å². The van der Waals surface area contributed by atoms with Gasteiger partial charge in [0, 0.05) is 5.71 Å². The summed E-state index contributed by atoms with van der Waals surface area (Å²) in [4.78, 5) is 0. The van der Waals surface area contributed by atoms with E-state index < -0.39 is 0 Å². The van der Waals surface area contributed by atoms with E-state index in [0.29, 0.717) is 0 Å². The SMILES string of the molecule is CC(C)=CCC/C(C)=C\CC/C(C)=N\N=C(N)N. The van der Waals surface area contributed by atoms with Crippen molar-refractivity contribution in [2.24, 2.45) is 21.7 Å². The Balaban J connectivity index is 3.97. The lowest BCUT2D eigenvalue weighted by molar-refractivity contribution is 0.941. The Morgan fingerprint density at radius 3 is 2.06 bits per heavy atom. The molecule has 4 nitrogen and oxygen atoms in total. The van der Waals surface area contributed by atoms with Crippen molar-refractivity contribution in [3.8, 4) is 0 Å². The van der Waals surface area contributed by atoms with Crippen LogP contribution in [0.1, 0.15) is 53.4 Å². The fraction of sp³-hybridized carbons (Fsp3) is 0.571. The molecule has 0 aromatic heterocycles. The average Bonchev–Trinajstić information content (AvgIpc) is 2.25. The maximum Gasteiger partial charge on any atom is 0.211 e. The lowest BCUT2D eigenvalue weighted by Crippen LogP contribution is -2.22. The van der Waals surface area contributed by atoms with E-state index in [2.05, 4.69) is 43.1 Å². The molecule has 0 aliphatic heterocycles. The van der Waals surface area contributed by atoms with Crippen molar-refractivity contribution >= 4 is 11.7 Å². The summed E-state index contributed by atoms with van der Waals surface area (Å²) in [6.07, 6.45) is 8.63. The summed E-state index contributed by atoms with van der Waals surface area (Å²) in [6.45, 7) is 8.35. The minimum Gasteiger partial charge on any atom is -0.369 e. The number of hydrogen-bond acceptors (Lipinski definition) is 2. The number of nitrogens with two attached hydrogens (primary N) is 2. The van der Waals surface area contributed by atoms with Crippen LogP contribution in [0.3, 0.4) is 0 Å². The molecular weight excluding hydrogens is 224 g/mol. The highest BCUT2D eigenvalue weighted by atomic mass is 15.3. The van der Waals surface area contributed by atoms with Gasteiger partial charge in [-0.3, -0.25) is 0 Å². The zero-order valence-electron chi connectivity index (χ0n) is 12.0. The molecule has 102 valence electrons. The monoisotopic (exact) mass is 250 g/mol. The molecule has 0 fully saturated rings. The smallest absolute Gasteiger partial charge is 0.211 e. The van der Waals surface area contributed by atoms with Crippen molar-refractivity contribution in [3.05, 3.63) is 23.3 Å². The molecule has 0 atom stereocenters. The normalized spacial score (nSPS) is 12.2. The third kappa shape index (κ3) is 10.9. The Morgan fingerprint density at radius 1 is 0.889 bits per heavy atom. The fourth-order valence-electron chi connectivity index (χ4n) is 1.41. The van der Waals surface area contributed by atoms with Gasteiger partial charge in [0.2, 0.25) is 5.96 Å². The molecule has 0 saturated heterocycles. The van der Waals surface area contributed by atoms with Crippen LogP contribution in [0.15, 0.2) is 33.5 Å². The molecular formula is C14H26N4. The van der Waals surface area contributed by atoms with Crippen LogP contribution in [0.4, 0.5) is 0 Å². The van der Waals surface area contributed by atoms with E-state index in [0.717, 1.165) is 31.4 Å². The van der Waals surface area contributed by atoms with E-state index in [9.17, 15) is 0 Å². The van der Waals surface area contributed by atoms with Gasteiger partial charge >= 0.3 is 0 Å². The predicted molar refractivity (Wildman–Crippen MR) is 80.6 cm³/mol. The summed E-state index contributed by atoms with van der Waals surface area (Å²) < 4.78 is 0. The number of guanidine groups is 1. The minimum atomic E-state index is 0.00259. The topological polar surface area (TPSA) is 76.8 Å². The molecule has 0 unspecified atom stereocenters. The summed E-state index contributed by atoms with van der Waals surface area (Å²) in [5, 5.41) is 7.54. The van der Waals surface area contributed by atoms with E-state index in [1.165, 1.54) is 11.1 Å². The Kier molecular flexibility index (Phi) is 8.62. The van der Waals surface area contributed by atoms with Crippen molar-refractivity contribution in [2.75, 3.05) is 0 Å². The van der Waals surface area contributed by atoms with Crippen LogP contribution in [0.2, 0.25) is 0 Å². The zero-order valence-corrected chi connectivity index (χ0v) is 12.0. The number of rotatable bonds is 7. The van der Waals surface area contributed by atoms with Crippen molar-refractivity contribution in [3.63, 3.8) is 0 Å². The summed E-state index contributed by atoms with van der Waals surface area (Å²) in [6, 6.07) is 0. The third-order valence-electron chi connectivity index (χ3n) is 2.43. The van der Waals surface area contributed by atoms with Crippen LogP contribution < -0.4 is 11.5 Å². The van der Waals surface area contributed by atoms with Crippen molar-refractivity contribution in [1.82, 2.24) is 0 Å². The molecule has 4 heteroatoms. The van der Waals surface area contributed by atoms with Crippen LogP contribution in [0.5, 0.6) is 0 Å². The van der Waals surface area contributed by atoms with Crippen LogP contribution in [-0.2, 0) is 0 Å². The van der Waals surface area contributed by atoms with Crippen LogP contribution >= 0.6 is 0 Å². The molecule has 0 radical (unpaired) electrons. The van der Waals surface area contributed by atoms with Crippen molar-refractivity contribution in [1.29, 1.82) is 0 Å². The van der Waals surface area contributed by atoms with Gasteiger partial charge in [-0.2, -0.15) is 5.10 Å². The molecule has 0 aromatic carbocycles. The summed E-state index contributed by atoms with van der Waals surface area (Å²) in [5.74, 6) is 0.00259. The highest BCUT2D eigenvalue weighted by molar-refractivity contribution is 5.83. The average molecular weight is 250 g/mol. The minimum absolute atomic E-state index is 0.00259. The molecule has 0 bridgehead atoms. The van der Waals surface area contributed by atoms with Crippen LogP contribution in [0.25, 0.3) is 0 Å². The van der Waals surface area contributed by atoms with Gasteiger partial charge in [-0.1, -0.05) is 23.3 Å². The molecule has 0 heterocycles. The van der Waals surface area contributed by atoms with Gasteiger partial charge in [-0.25, -0.2) is 0 Å². The largest absolute Gasteiger partial charge is 0.369 e. The van der Waals surface area contributed by atoms with E-state index in [1.807, 2.05) is 6.92 Å². The fourth-order valence-corrected chi connectivity index (χ4v) is 1.41. The Hall–Kier alpha value is -1.58. The second-order valence-electron chi connectivity index (χ2n) is 4.77. The number of hydrogen-bond donors (Lipinski definition) is 2. The van der Waals surface area contributed by atoms with Crippen molar-refractivity contribution in [2.45, 2.75) is 53.4 Å².